The summed E-state index contributed by atoms with van der Waals surface area (Å²) in [5.74, 6) is -0.449. The lowest BCUT2D eigenvalue weighted by Gasteiger charge is -2.08. The van der Waals surface area contributed by atoms with Crippen LogP contribution in [0.4, 0.5) is 0 Å². The molecular weight excluding hydrogens is 244 g/mol. The first-order valence-corrected chi connectivity index (χ1v) is 5.07. The second kappa shape index (κ2) is 4.10. The van der Waals surface area contributed by atoms with Crippen molar-refractivity contribution >= 4 is 28.4 Å². The molecule has 3 N–H and O–H groups in total. The standard InChI is InChI=1S/C11H9ClN2O3/c1-17-9-2-5-7(3-8(9)15)14-4-6(10(5)12)11(13)16/h2-4,15H,1H3,(H2,13,16). The number of rotatable bonds is 2. The zero-order valence-corrected chi connectivity index (χ0v) is 9.65. The minimum absolute atomic E-state index is 0.0459. The van der Waals surface area contributed by atoms with Gasteiger partial charge in [-0.15, -0.1) is 0 Å². The topological polar surface area (TPSA) is 85.4 Å². The summed E-state index contributed by atoms with van der Waals surface area (Å²) in [6.45, 7) is 0. The number of primary amides is 1. The van der Waals surface area contributed by atoms with Crippen molar-refractivity contribution in [1.82, 2.24) is 4.98 Å². The fourth-order valence-corrected chi connectivity index (χ4v) is 1.80. The van der Waals surface area contributed by atoms with Crippen LogP contribution < -0.4 is 10.5 Å². The van der Waals surface area contributed by atoms with Crippen LogP contribution in [0.15, 0.2) is 18.3 Å². The molecule has 1 amide bonds. The summed E-state index contributed by atoms with van der Waals surface area (Å²) in [5, 5.41) is 10.3. The normalized spacial score (nSPS) is 10.5. The van der Waals surface area contributed by atoms with E-state index >= 15 is 0 Å². The van der Waals surface area contributed by atoms with E-state index in [1.54, 1.807) is 0 Å². The monoisotopic (exact) mass is 252 g/mol. The van der Waals surface area contributed by atoms with Crippen LogP contribution in [0.3, 0.4) is 0 Å². The Kier molecular flexibility index (Phi) is 2.77. The summed E-state index contributed by atoms with van der Waals surface area (Å²) in [6, 6.07) is 2.91. The van der Waals surface area contributed by atoms with Gasteiger partial charge in [0.2, 0.25) is 0 Å². The largest absolute Gasteiger partial charge is 0.504 e. The Hall–Kier alpha value is -2.01. The molecule has 0 aliphatic carbocycles. The van der Waals surface area contributed by atoms with E-state index in [2.05, 4.69) is 4.98 Å². The number of phenolic OH excluding ortho intramolecular Hbond substituents is 1. The number of nitrogens with zero attached hydrogens (tertiary/aromatic N) is 1. The molecular formula is C11H9ClN2O3. The molecule has 0 aliphatic rings. The van der Waals surface area contributed by atoms with Crippen LogP contribution >= 0.6 is 11.6 Å². The van der Waals surface area contributed by atoms with Gasteiger partial charge < -0.3 is 15.6 Å². The summed E-state index contributed by atoms with van der Waals surface area (Å²) in [5.41, 5.74) is 5.75. The highest BCUT2D eigenvalue weighted by Crippen LogP contribution is 2.34. The number of amides is 1. The Morgan fingerprint density at radius 1 is 1.53 bits per heavy atom. The molecule has 1 aromatic carbocycles. The molecule has 2 aromatic rings. The number of phenols is 1. The van der Waals surface area contributed by atoms with E-state index in [9.17, 15) is 9.90 Å². The molecule has 1 heterocycles. The summed E-state index contributed by atoms with van der Waals surface area (Å²) in [7, 11) is 1.42. The minimum atomic E-state index is -0.656. The van der Waals surface area contributed by atoms with Crippen molar-refractivity contribution in [2.75, 3.05) is 7.11 Å². The first-order valence-electron chi connectivity index (χ1n) is 4.69. The number of methoxy groups -OCH3 is 1. The van der Waals surface area contributed by atoms with Gasteiger partial charge in [0.05, 0.1) is 23.2 Å². The Morgan fingerprint density at radius 3 is 2.82 bits per heavy atom. The molecule has 0 fully saturated rings. The third-order valence-electron chi connectivity index (χ3n) is 2.37. The molecule has 2 rings (SSSR count). The second-order valence-corrected chi connectivity index (χ2v) is 3.77. The van der Waals surface area contributed by atoms with E-state index < -0.39 is 5.91 Å². The molecule has 0 atom stereocenters. The second-order valence-electron chi connectivity index (χ2n) is 3.39. The molecule has 5 nitrogen and oxygen atoms in total. The van der Waals surface area contributed by atoms with Crippen LogP contribution in [0.5, 0.6) is 11.5 Å². The fourth-order valence-electron chi connectivity index (χ4n) is 1.51. The van der Waals surface area contributed by atoms with Crippen molar-refractivity contribution in [3.05, 3.63) is 28.9 Å². The summed E-state index contributed by atoms with van der Waals surface area (Å²) < 4.78 is 4.96. The number of pyridine rings is 1. The maximum atomic E-state index is 11.1. The Morgan fingerprint density at radius 2 is 2.24 bits per heavy atom. The average molecular weight is 253 g/mol. The smallest absolute Gasteiger partial charge is 0.251 e. The number of hydrogen-bond acceptors (Lipinski definition) is 4. The van der Waals surface area contributed by atoms with Gasteiger partial charge in [0, 0.05) is 17.6 Å². The SMILES string of the molecule is COc1cc2c(Cl)c(C(N)=O)cnc2cc1O. The zero-order valence-electron chi connectivity index (χ0n) is 8.90. The molecule has 0 aliphatic heterocycles. The lowest BCUT2D eigenvalue weighted by atomic mass is 10.1. The van der Waals surface area contributed by atoms with Gasteiger partial charge in [0.1, 0.15) is 0 Å². The van der Waals surface area contributed by atoms with Gasteiger partial charge in [-0.2, -0.15) is 0 Å². The average Bonchev–Trinajstić information content (AvgIpc) is 2.28. The fraction of sp³-hybridized carbons (Fsp3) is 0.0909. The van der Waals surface area contributed by atoms with Crippen molar-refractivity contribution < 1.29 is 14.6 Å². The Labute approximate surface area is 102 Å². The van der Waals surface area contributed by atoms with Gasteiger partial charge in [-0.05, 0) is 6.07 Å². The molecule has 0 spiro atoms. The van der Waals surface area contributed by atoms with Crippen LogP contribution in [0.2, 0.25) is 5.02 Å². The maximum Gasteiger partial charge on any atom is 0.251 e. The lowest BCUT2D eigenvalue weighted by molar-refractivity contribution is 0.100. The van der Waals surface area contributed by atoms with E-state index in [-0.39, 0.29) is 22.1 Å². The van der Waals surface area contributed by atoms with E-state index in [4.69, 9.17) is 22.1 Å². The van der Waals surface area contributed by atoms with Gasteiger partial charge in [-0.3, -0.25) is 9.78 Å². The first-order chi connectivity index (χ1) is 8.04. The number of ether oxygens (including phenoxy) is 1. The van der Waals surface area contributed by atoms with Crippen molar-refractivity contribution in [2.45, 2.75) is 0 Å². The first kappa shape index (κ1) is 11.5. The summed E-state index contributed by atoms with van der Waals surface area (Å²) >= 11 is 6.04. The van der Waals surface area contributed by atoms with Crippen LogP contribution in [-0.2, 0) is 0 Å². The van der Waals surface area contributed by atoms with Crippen molar-refractivity contribution in [3.63, 3.8) is 0 Å². The quantitative estimate of drug-likeness (QED) is 0.852. The molecule has 88 valence electrons. The predicted molar refractivity (Wildman–Crippen MR) is 63.5 cm³/mol. The van der Waals surface area contributed by atoms with Crippen LogP contribution in [0.1, 0.15) is 10.4 Å². The molecule has 0 bridgehead atoms. The van der Waals surface area contributed by atoms with Gasteiger partial charge >= 0.3 is 0 Å². The molecule has 6 heteroatoms. The highest BCUT2D eigenvalue weighted by molar-refractivity contribution is 6.38. The van der Waals surface area contributed by atoms with Crippen molar-refractivity contribution in [3.8, 4) is 11.5 Å². The van der Waals surface area contributed by atoms with E-state index in [0.717, 1.165) is 0 Å². The summed E-state index contributed by atoms with van der Waals surface area (Å²) in [6.07, 6.45) is 1.28. The van der Waals surface area contributed by atoms with Gasteiger partial charge in [0.25, 0.3) is 5.91 Å². The molecule has 0 saturated heterocycles. The van der Waals surface area contributed by atoms with E-state index in [1.165, 1.54) is 25.4 Å². The van der Waals surface area contributed by atoms with Crippen LogP contribution in [0, 0.1) is 0 Å². The molecule has 0 unspecified atom stereocenters. The van der Waals surface area contributed by atoms with Crippen LogP contribution in [-0.4, -0.2) is 23.1 Å². The van der Waals surface area contributed by atoms with E-state index in [1.807, 2.05) is 0 Å². The third kappa shape index (κ3) is 1.85. The lowest BCUT2D eigenvalue weighted by Crippen LogP contribution is -2.12. The number of carbonyl (C=O) groups is 1. The number of hydrogen-bond donors (Lipinski definition) is 2. The molecule has 0 saturated carbocycles. The maximum absolute atomic E-state index is 11.1. The predicted octanol–water partition coefficient (Wildman–Crippen LogP) is 1.70. The summed E-state index contributed by atoms with van der Waals surface area (Å²) in [4.78, 5) is 15.1. The van der Waals surface area contributed by atoms with Crippen molar-refractivity contribution in [2.24, 2.45) is 5.73 Å². The number of aromatic hydroxyl groups is 1. The number of nitrogens with two attached hydrogens (primary N) is 1. The number of fused-ring (bicyclic) bond motifs is 1. The zero-order chi connectivity index (χ0) is 12.6. The van der Waals surface area contributed by atoms with E-state index in [0.29, 0.717) is 10.9 Å². The van der Waals surface area contributed by atoms with Gasteiger partial charge in [0.15, 0.2) is 11.5 Å². The Balaban J connectivity index is 2.80. The van der Waals surface area contributed by atoms with Gasteiger partial charge in [-0.25, -0.2) is 0 Å². The number of aromatic nitrogens is 1. The molecule has 17 heavy (non-hydrogen) atoms. The van der Waals surface area contributed by atoms with Crippen LogP contribution in [0.25, 0.3) is 10.9 Å². The molecule has 1 aromatic heterocycles. The molecule has 0 radical (unpaired) electrons. The minimum Gasteiger partial charge on any atom is -0.504 e. The van der Waals surface area contributed by atoms with Crippen molar-refractivity contribution in [1.29, 1.82) is 0 Å². The highest BCUT2D eigenvalue weighted by atomic mass is 35.5. The Bertz CT molecular complexity index is 613. The third-order valence-corrected chi connectivity index (χ3v) is 2.78. The number of carbonyl (C=O) groups excluding carboxylic acids is 1. The number of halogens is 1. The highest BCUT2D eigenvalue weighted by Gasteiger charge is 2.13. The van der Waals surface area contributed by atoms with Gasteiger partial charge in [-0.1, -0.05) is 11.6 Å². The number of benzene rings is 1.